The maximum absolute atomic E-state index is 13.4. The number of Topliss-reactive ketones (excluding diaryl/α,β-unsaturated/α-hetero) is 1. The maximum Gasteiger partial charge on any atom is 0.182 e. The number of nitrogens with zero attached hydrogens (tertiary/aromatic N) is 2. The number of aromatic nitrogens is 2. The lowest BCUT2D eigenvalue weighted by Gasteiger charge is -2.11. The summed E-state index contributed by atoms with van der Waals surface area (Å²) in [4.78, 5) is 16.8. The van der Waals surface area contributed by atoms with E-state index in [2.05, 4.69) is 4.98 Å². The summed E-state index contributed by atoms with van der Waals surface area (Å²) >= 11 is 0. The van der Waals surface area contributed by atoms with Gasteiger partial charge in [-0.3, -0.25) is 4.79 Å². The lowest BCUT2D eigenvalue weighted by Crippen LogP contribution is -2.18. The maximum atomic E-state index is 13.4. The molecule has 5 heteroatoms. The molecule has 0 aliphatic heterocycles. The van der Waals surface area contributed by atoms with Crippen LogP contribution in [0.4, 0.5) is 4.39 Å². The third-order valence-corrected chi connectivity index (χ3v) is 3.54. The van der Waals surface area contributed by atoms with Crippen molar-refractivity contribution in [1.29, 1.82) is 0 Å². The van der Waals surface area contributed by atoms with Crippen LogP contribution in [0.2, 0.25) is 0 Å². The first-order valence-corrected chi connectivity index (χ1v) is 7.06. The van der Waals surface area contributed by atoms with Gasteiger partial charge in [0, 0.05) is 11.6 Å². The molecule has 22 heavy (non-hydrogen) atoms. The molecular formula is C17H16FN3O. The standard InChI is InChI=1S/C17H16FN3O/c1-11(19)17-20-14-9-13(18)7-8-15(14)21(17)10-16(22)12-5-3-2-4-6-12/h2-9,11H,10,19H2,1H3. The van der Waals surface area contributed by atoms with E-state index in [4.69, 9.17) is 5.73 Å². The highest BCUT2D eigenvalue weighted by Gasteiger charge is 2.17. The van der Waals surface area contributed by atoms with E-state index in [1.165, 1.54) is 12.1 Å². The highest BCUT2D eigenvalue weighted by atomic mass is 19.1. The first-order chi connectivity index (χ1) is 10.6. The minimum atomic E-state index is -0.359. The van der Waals surface area contributed by atoms with Gasteiger partial charge in [0.25, 0.3) is 0 Å². The molecule has 0 aliphatic carbocycles. The van der Waals surface area contributed by atoms with Gasteiger partial charge >= 0.3 is 0 Å². The molecule has 0 fully saturated rings. The summed E-state index contributed by atoms with van der Waals surface area (Å²) in [5.74, 6) is 0.179. The van der Waals surface area contributed by atoms with Crippen LogP contribution in [-0.2, 0) is 6.54 Å². The fraction of sp³-hybridized carbons (Fsp3) is 0.176. The van der Waals surface area contributed by atoms with Crippen LogP contribution in [0, 0.1) is 5.82 Å². The minimum absolute atomic E-state index is 0.0360. The molecule has 0 saturated carbocycles. The highest BCUT2D eigenvalue weighted by Crippen LogP contribution is 2.21. The predicted octanol–water partition coefficient (Wildman–Crippen LogP) is 3.08. The van der Waals surface area contributed by atoms with E-state index in [9.17, 15) is 9.18 Å². The molecule has 1 atom stereocenters. The SMILES string of the molecule is CC(N)c1nc2cc(F)ccc2n1CC(=O)c1ccccc1. The Bertz CT molecular complexity index is 825. The topological polar surface area (TPSA) is 60.9 Å². The van der Waals surface area contributed by atoms with Gasteiger partial charge < -0.3 is 10.3 Å². The fourth-order valence-electron chi connectivity index (χ4n) is 2.49. The lowest BCUT2D eigenvalue weighted by atomic mass is 10.1. The third kappa shape index (κ3) is 2.63. The molecule has 112 valence electrons. The van der Waals surface area contributed by atoms with Crippen molar-refractivity contribution in [3.8, 4) is 0 Å². The molecule has 0 aliphatic rings. The molecule has 4 nitrogen and oxygen atoms in total. The average Bonchev–Trinajstić information content (AvgIpc) is 2.86. The van der Waals surface area contributed by atoms with Crippen molar-refractivity contribution in [3.05, 3.63) is 65.7 Å². The molecule has 1 heterocycles. The summed E-state index contributed by atoms with van der Waals surface area (Å²) in [6, 6.07) is 13.0. The number of hydrogen-bond acceptors (Lipinski definition) is 3. The average molecular weight is 297 g/mol. The van der Waals surface area contributed by atoms with Crippen molar-refractivity contribution in [3.63, 3.8) is 0 Å². The number of imidazole rings is 1. The Morgan fingerprint density at radius 3 is 2.68 bits per heavy atom. The van der Waals surface area contributed by atoms with Crippen LogP contribution in [0.25, 0.3) is 11.0 Å². The number of benzene rings is 2. The summed E-state index contributed by atoms with van der Waals surface area (Å²) in [7, 11) is 0. The van der Waals surface area contributed by atoms with E-state index < -0.39 is 0 Å². The monoisotopic (exact) mass is 297 g/mol. The van der Waals surface area contributed by atoms with E-state index in [0.29, 0.717) is 22.4 Å². The van der Waals surface area contributed by atoms with Crippen LogP contribution in [-0.4, -0.2) is 15.3 Å². The fourth-order valence-corrected chi connectivity index (χ4v) is 2.49. The van der Waals surface area contributed by atoms with E-state index in [1.54, 1.807) is 29.7 Å². The molecule has 0 spiro atoms. The Kier molecular flexibility index (Phi) is 3.73. The second-order valence-electron chi connectivity index (χ2n) is 5.27. The zero-order valence-electron chi connectivity index (χ0n) is 12.2. The van der Waals surface area contributed by atoms with E-state index in [-0.39, 0.29) is 24.2 Å². The van der Waals surface area contributed by atoms with Crippen molar-refractivity contribution < 1.29 is 9.18 Å². The summed E-state index contributed by atoms with van der Waals surface area (Å²) in [6.45, 7) is 1.92. The Labute approximate surface area is 127 Å². The predicted molar refractivity (Wildman–Crippen MR) is 83.1 cm³/mol. The summed E-state index contributed by atoms with van der Waals surface area (Å²) < 4.78 is 15.1. The Hall–Kier alpha value is -2.53. The highest BCUT2D eigenvalue weighted by molar-refractivity contribution is 5.96. The first-order valence-electron chi connectivity index (χ1n) is 7.06. The number of halogens is 1. The van der Waals surface area contributed by atoms with Crippen LogP contribution >= 0.6 is 0 Å². The normalized spacial score (nSPS) is 12.5. The summed E-state index contributed by atoms with van der Waals surface area (Å²) in [5, 5.41) is 0. The van der Waals surface area contributed by atoms with Gasteiger partial charge in [-0.15, -0.1) is 0 Å². The lowest BCUT2D eigenvalue weighted by molar-refractivity contribution is 0.0972. The van der Waals surface area contributed by atoms with Crippen LogP contribution < -0.4 is 5.73 Å². The zero-order chi connectivity index (χ0) is 15.7. The van der Waals surface area contributed by atoms with Gasteiger partial charge in [-0.1, -0.05) is 30.3 Å². The molecule has 3 aromatic rings. The minimum Gasteiger partial charge on any atom is -0.322 e. The largest absolute Gasteiger partial charge is 0.322 e. The second-order valence-corrected chi connectivity index (χ2v) is 5.27. The Morgan fingerprint density at radius 1 is 1.27 bits per heavy atom. The molecule has 3 rings (SSSR count). The molecule has 0 radical (unpaired) electrons. The number of ketones is 1. The van der Waals surface area contributed by atoms with Gasteiger partial charge in [-0.05, 0) is 19.1 Å². The second kappa shape index (κ2) is 5.69. The van der Waals surface area contributed by atoms with Crippen LogP contribution in [0.5, 0.6) is 0 Å². The molecule has 1 unspecified atom stereocenters. The van der Waals surface area contributed by atoms with E-state index in [1.807, 2.05) is 18.2 Å². The number of fused-ring (bicyclic) bond motifs is 1. The van der Waals surface area contributed by atoms with Gasteiger partial charge in [0.05, 0.1) is 23.6 Å². The van der Waals surface area contributed by atoms with Gasteiger partial charge in [0.15, 0.2) is 5.78 Å². The van der Waals surface area contributed by atoms with Crippen LogP contribution in [0.1, 0.15) is 29.1 Å². The molecule has 0 saturated heterocycles. The summed E-state index contributed by atoms with van der Waals surface area (Å²) in [6.07, 6.45) is 0. The molecule has 1 aromatic heterocycles. The number of carbonyl (C=O) groups excluding carboxylic acids is 1. The van der Waals surface area contributed by atoms with Gasteiger partial charge in [-0.2, -0.15) is 0 Å². The number of carbonyl (C=O) groups is 1. The quantitative estimate of drug-likeness (QED) is 0.753. The third-order valence-electron chi connectivity index (χ3n) is 3.54. The van der Waals surface area contributed by atoms with E-state index >= 15 is 0 Å². The molecular weight excluding hydrogens is 281 g/mol. The van der Waals surface area contributed by atoms with Crippen molar-refractivity contribution >= 4 is 16.8 Å². The molecule has 0 bridgehead atoms. The van der Waals surface area contributed by atoms with Gasteiger partial charge in [-0.25, -0.2) is 9.37 Å². The number of nitrogens with two attached hydrogens (primary N) is 1. The van der Waals surface area contributed by atoms with Crippen LogP contribution in [0.3, 0.4) is 0 Å². The summed E-state index contributed by atoms with van der Waals surface area (Å²) in [5.41, 5.74) is 7.78. The number of rotatable bonds is 4. The van der Waals surface area contributed by atoms with Gasteiger partial charge in [0.2, 0.25) is 0 Å². The van der Waals surface area contributed by atoms with E-state index in [0.717, 1.165) is 0 Å². The molecule has 2 aromatic carbocycles. The molecule has 2 N–H and O–H groups in total. The first kappa shape index (κ1) is 14.4. The Balaban J connectivity index is 2.05. The van der Waals surface area contributed by atoms with Crippen molar-refractivity contribution in [2.24, 2.45) is 5.73 Å². The van der Waals surface area contributed by atoms with Gasteiger partial charge in [0.1, 0.15) is 11.6 Å². The van der Waals surface area contributed by atoms with Crippen molar-refractivity contribution in [1.82, 2.24) is 9.55 Å². The van der Waals surface area contributed by atoms with Crippen molar-refractivity contribution in [2.45, 2.75) is 19.5 Å². The molecule has 0 amide bonds. The smallest absolute Gasteiger partial charge is 0.182 e. The number of hydrogen-bond donors (Lipinski definition) is 1. The zero-order valence-corrected chi connectivity index (χ0v) is 12.2. The van der Waals surface area contributed by atoms with Crippen molar-refractivity contribution in [2.75, 3.05) is 0 Å². The Morgan fingerprint density at radius 2 is 2.00 bits per heavy atom. The van der Waals surface area contributed by atoms with Crippen LogP contribution in [0.15, 0.2) is 48.5 Å².